The van der Waals surface area contributed by atoms with Crippen LogP contribution in [0, 0.1) is 6.92 Å². The largest absolute Gasteiger partial charge is 0.397 e. The number of nitrogens with one attached hydrogen (secondary N) is 1. The van der Waals surface area contributed by atoms with E-state index in [9.17, 15) is 4.79 Å². The Hall–Kier alpha value is -2.69. The summed E-state index contributed by atoms with van der Waals surface area (Å²) >= 11 is 0. The van der Waals surface area contributed by atoms with Crippen molar-refractivity contribution in [2.75, 3.05) is 30.0 Å². The molecule has 0 aliphatic heterocycles. The Kier molecular flexibility index (Phi) is 4.03. The molecular weight excluding hydrogens is 264 g/mol. The number of nitrogens with two attached hydrogens (primary N) is 2. The predicted octanol–water partition coefficient (Wildman–Crippen LogP) is 2.49. The van der Waals surface area contributed by atoms with Gasteiger partial charge in [0.1, 0.15) is 0 Å². The Morgan fingerprint density at radius 3 is 2.43 bits per heavy atom. The molecule has 2 aromatic carbocycles. The molecule has 0 aromatic heterocycles. The van der Waals surface area contributed by atoms with Crippen LogP contribution in [0.15, 0.2) is 36.4 Å². The van der Waals surface area contributed by atoms with E-state index in [2.05, 4.69) is 23.2 Å². The molecule has 0 atom stereocenters. The number of anilines is 4. The molecule has 0 saturated carbocycles. The number of rotatable bonds is 4. The van der Waals surface area contributed by atoms with Crippen molar-refractivity contribution in [3.63, 3.8) is 0 Å². The maximum Gasteiger partial charge on any atom is 0.248 e. The maximum absolute atomic E-state index is 11.1. The van der Waals surface area contributed by atoms with E-state index in [-0.39, 0.29) is 0 Å². The molecule has 0 aliphatic carbocycles. The summed E-state index contributed by atoms with van der Waals surface area (Å²) < 4.78 is 0. The lowest BCUT2D eigenvalue weighted by molar-refractivity contribution is 0.100. The second kappa shape index (κ2) is 5.75. The van der Waals surface area contributed by atoms with Gasteiger partial charge in [0.05, 0.1) is 11.4 Å². The minimum atomic E-state index is -0.488. The number of carbonyl (C=O) groups is 1. The fourth-order valence-electron chi connectivity index (χ4n) is 2.15. The average Bonchev–Trinajstić information content (AvgIpc) is 2.42. The second-order valence-corrected chi connectivity index (χ2v) is 5.19. The van der Waals surface area contributed by atoms with Crippen LogP contribution in [0.3, 0.4) is 0 Å². The first kappa shape index (κ1) is 14.7. The molecule has 2 rings (SSSR count). The molecule has 0 fully saturated rings. The highest BCUT2D eigenvalue weighted by atomic mass is 16.1. The van der Waals surface area contributed by atoms with Crippen molar-refractivity contribution in [3.8, 4) is 0 Å². The predicted molar refractivity (Wildman–Crippen MR) is 88.2 cm³/mol. The summed E-state index contributed by atoms with van der Waals surface area (Å²) in [6.07, 6.45) is 0. The van der Waals surface area contributed by atoms with Gasteiger partial charge in [0.25, 0.3) is 0 Å². The van der Waals surface area contributed by atoms with E-state index in [1.54, 1.807) is 18.2 Å². The molecule has 0 bridgehead atoms. The zero-order valence-corrected chi connectivity index (χ0v) is 12.5. The summed E-state index contributed by atoms with van der Waals surface area (Å²) in [6, 6.07) is 11.1. The molecule has 0 radical (unpaired) electrons. The van der Waals surface area contributed by atoms with Gasteiger partial charge in [0.2, 0.25) is 5.91 Å². The smallest absolute Gasteiger partial charge is 0.248 e. The van der Waals surface area contributed by atoms with Gasteiger partial charge in [-0.05, 0) is 42.8 Å². The van der Waals surface area contributed by atoms with Gasteiger partial charge in [-0.15, -0.1) is 0 Å². The lowest BCUT2D eigenvalue weighted by Gasteiger charge is -2.18. The molecule has 0 heterocycles. The number of hydrogen-bond acceptors (Lipinski definition) is 4. The Morgan fingerprint density at radius 2 is 1.86 bits per heavy atom. The molecule has 2 aromatic rings. The zero-order chi connectivity index (χ0) is 15.6. The topological polar surface area (TPSA) is 84.4 Å². The number of aryl methyl sites for hydroxylation is 1. The van der Waals surface area contributed by atoms with Crippen molar-refractivity contribution in [1.29, 1.82) is 0 Å². The van der Waals surface area contributed by atoms with Gasteiger partial charge < -0.3 is 21.7 Å². The van der Waals surface area contributed by atoms with Gasteiger partial charge in [-0.2, -0.15) is 0 Å². The van der Waals surface area contributed by atoms with Crippen LogP contribution in [0.4, 0.5) is 22.7 Å². The fraction of sp³-hybridized carbons (Fsp3) is 0.188. The molecule has 0 spiro atoms. The average molecular weight is 284 g/mol. The number of primary amides is 1. The number of nitrogens with zero attached hydrogens (tertiary/aromatic N) is 1. The standard InChI is InChI=1S/C16H20N4O/c1-10-4-6-12(9-15(10)20(2)3)19-14-7-5-11(16(18)21)8-13(14)17/h4-9,19H,17H2,1-3H3,(H2,18,21). The molecular formula is C16H20N4O. The third kappa shape index (κ3) is 3.25. The molecule has 5 N–H and O–H groups in total. The van der Waals surface area contributed by atoms with Crippen molar-refractivity contribution in [2.45, 2.75) is 6.92 Å². The molecule has 0 aliphatic rings. The van der Waals surface area contributed by atoms with Crippen molar-refractivity contribution >= 4 is 28.7 Å². The first-order valence-electron chi connectivity index (χ1n) is 6.63. The van der Waals surface area contributed by atoms with Crippen molar-refractivity contribution in [1.82, 2.24) is 0 Å². The van der Waals surface area contributed by atoms with Crippen molar-refractivity contribution in [2.24, 2.45) is 5.73 Å². The molecule has 0 unspecified atom stereocenters. The number of amides is 1. The zero-order valence-electron chi connectivity index (χ0n) is 12.5. The Morgan fingerprint density at radius 1 is 1.14 bits per heavy atom. The molecule has 0 saturated heterocycles. The van der Waals surface area contributed by atoms with Gasteiger partial charge in [0, 0.05) is 31.0 Å². The highest BCUT2D eigenvalue weighted by molar-refractivity contribution is 5.95. The van der Waals surface area contributed by atoms with Crippen LogP contribution in [0.5, 0.6) is 0 Å². The minimum Gasteiger partial charge on any atom is -0.397 e. The third-order valence-electron chi connectivity index (χ3n) is 3.31. The molecule has 1 amide bonds. The van der Waals surface area contributed by atoms with Gasteiger partial charge in [0.15, 0.2) is 0 Å². The van der Waals surface area contributed by atoms with E-state index in [4.69, 9.17) is 11.5 Å². The van der Waals surface area contributed by atoms with Crippen LogP contribution in [-0.4, -0.2) is 20.0 Å². The van der Waals surface area contributed by atoms with E-state index in [1.807, 2.05) is 26.2 Å². The van der Waals surface area contributed by atoms with Gasteiger partial charge in [-0.25, -0.2) is 0 Å². The summed E-state index contributed by atoms with van der Waals surface area (Å²) in [4.78, 5) is 13.2. The highest BCUT2D eigenvalue weighted by Crippen LogP contribution is 2.28. The van der Waals surface area contributed by atoms with E-state index in [0.29, 0.717) is 11.3 Å². The van der Waals surface area contributed by atoms with Crippen LogP contribution in [-0.2, 0) is 0 Å². The second-order valence-electron chi connectivity index (χ2n) is 5.19. The lowest BCUT2D eigenvalue weighted by Crippen LogP contribution is -2.12. The molecule has 5 heteroatoms. The van der Waals surface area contributed by atoms with Crippen LogP contribution < -0.4 is 21.7 Å². The molecule has 5 nitrogen and oxygen atoms in total. The van der Waals surface area contributed by atoms with E-state index >= 15 is 0 Å². The summed E-state index contributed by atoms with van der Waals surface area (Å²) in [7, 11) is 4.00. The Bertz CT molecular complexity index is 680. The fourth-order valence-corrected chi connectivity index (χ4v) is 2.15. The summed E-state index contributed by atoms with van der Waals surface area (Å²) in [5, 5.41) is 3.26. The number of nitrogen functional groups attached to an aromatic ring is 1. The quantitative estimate of drug-likeness (QED) is 0.753. The SMILES string of the molecule is Cc1ccc(Nc2ccc(C(N)=O)cc2N)cc1N(C)C. The van der Waals surface area contributed by atoms with Gasteiger partial charge in [-0.3, -0.25) is 4.79 Å². The first-order chi connectivity index (χ1) is 9.88. The van der Waals surface area contributed by atoms with E-state index in [0.717, 1.165) is 17.1 Å². The van der Waals surface area contributed by atoms with Crippen molar-refractivity contribution < 1.29 is 4.79 Å². The first-order valence-corrected chi connectivity index (χ1v) is 6.63. The van der Waals surface area contributed by atoms with Crippen LogP contribution in [0.2, 0.25) is 0 Å². The Balaban J connectivity index is 2.30. The minimum absolute atomic E-state index is 0.399. The highest BCUT2D eigenvalue weighted by Gasteiger charge is 2.07. The summed E-state index contributed by atoms with van der Waals surface area (Å²) in [5.41, 5.74) is 16.1. The number of carbonyl (C=O) groups excluding carboxylic acids is 1. The number of benzene rings is 2. The van der Waals surface area contributed by atoms with Gasteiger partial charge >= 0.3 is 0 Å². The van der Waals surface area contributed by atoms with Crippen molar-refractivity contribution in [3.05, 3.63) is 47.5 Å². The van der Waals surface area contributed by atoms with Gasteiger partial charge in [-0.1, -0.05) is 6.07 Å². The summed E-state index contributed by atoms with van der Waals surface area (Å²) in [6.45, 7) is 2.06. The lowest BCUT2D eigenvalue weighted by atomic mass is 10.1. The maximum atomic E-state index is 11.1. The molecule has 110 valence electrons. The normalized spacial score (nSPS) is 10.2. The van der Waals surface area contributed by atoms with Crippen LogP contribution >= 0.6 is 0 Å². The van der Waals surface area contributed by atoms with Crippen LogP contribution in [0.1, 0.15) is 15.9 Å². The van der Waals surface area contributed by atoms with E-state index in [1.165, 1.54) is 5.56 Å². The monoisotopic (exact) mass is 284 g/mol. The Labute approximate surface area is 124 Å². The molecule has 21 heavy (non-hydrogen) atoms. The summed E-state index contributed by atoms with van der Waals surface area (Å²) in [5.74, 6) is -0.488. The van der Waals surface area contributed by atoms with E-state index < -0.39 is 5.91 Å². The third-order valence-corrected chi connectivity index (χ3v) is 3.31. The van der Waals surface area contributed by atoms with Crippen LogP contribution in [0.25, 0.3) is 0 Å². The number of hydrogen-bond donors (Lipinski definition) is 3.